The topological polar surface area (TPSA) is 104 Å². The van der Waals surface area contributed by atoms with Gasteiger partial charge in [-0.2, -0.15) is 8.42 Å². The lowest BCUT2D eigenvalue weighted by atomic mass is 10.0. The van der Waals surface area contributed by atoms with Gasteiger partial charge in [0.05, 0.1) is 17.9 Å². The zero-order chi connectivity index (χ0) is 38.2. The standard InChI is InChI=1S/C45H87NO5S/c1-3-5-7-9-11-13-15-17-19-21-23-24-26-28-30-32-34-36-38-40-44(47)43(42-52(49,50)51)46-45(48)41-39-37-35-33-31-29-27-25-22-20-18-16-14-12-10-8-6-4-2/h14,16,20,22,43-44,47H,3-13,15,17-19,21,23-42H2,1-2H3,(H,46,48)(H,49,50,51)/b16-14-,22-20-. The second kappa shape index (κ2) is 39.5. The number of rotatable bonds is 41. The van der Waals surface area contributed by atoms with Crippen LogP contribution in [-0.4, -0.2) is 41.9 Å². The van der Waals surface area contributed by atoms with Crippen molar-refractivity contribution >= 4 is 16.0 Å². The third-order valence-electron chi connectivity index (χ3n) is 10.4. The Balaban J connectivity index is 3.82. The molecule has 0 saturated carbocycles. The first-order valence-electron chi connectivity index (χ1n) is 22.5. The fraction of sp³-hybridized carbons (Fsp3) is 0.889. The first kappa shape index (κ1) is 50.8. The van der Waals surface area contributed by atoms with Crippen LogP contribution in [0, 0.1) is 0 Å². The molecule has 0 saturated heterocycles. The SMILES string of the molecule is CCCCCC/C=C\C/C=C\CCCCCCCCCC(=O)NC(CS(=O)(=O)O)C(O)CCCCCCCCCCCCCCCCCCCCC. The van der Waals surface area contributed by atoms with Gasteiger partial charge in [0, 0.05) is 6.42 Å². The lowest BCUT2D eigenvalue weighted by Gasteiger charge is -2.23. The zero-order valence-corrected chi connectivity index (χ0v) is 35.3. The third-order valence-corrected chi connectivity index (χ3v) is 11.2. The van der Waals surface area contributed by atoms with Crippen molar-refractivity contribution in [3.63, 3.8) is 0 Å². The minimum Gasteiger partial charge on any atom is -0.391 e. The Morgan fingerprint density at radius 3 is 1.27 bits per heavy atom. The highest BCUT2D eigenvalue weighted by Crippen LogP contribution is 2.16. The van der Waals surface area contributed by atoms with E-state index >= 15 is 0 Å². The van der Waals surface area contributed by atoms with Crippen LogP contribution < -0.4 is 5.32 Å². The highest BCUT2D eigenvalue weighted by molar-refractivity contribution is 7.85. The summed E-state index contributed by atoms with van der Waals surface area (Å²) in [7, 11) is -4.31. The Morgan fingerprint density at radius 2 is 0.865 bits per heavy atom. The van der Waals surface area contributed by atoms with Gasteiger partial charge in [-0.05, 0) is 44.9 Å². The number of nitrogens with one attached hydrogen (secondary N) is 1. The largest absolute Gasteiger partial charge is 0.391 e. The highest BCUT2D eigenvalue weighted by Gasteiger charge is 2.26. The average Bonchev–Trinajstić information content (AvgIpc) is 3.11. The fourth-order valence-electron chi connectivity index (χ4n) is 7.02. The molecule has 2 atom stereocenters. The second-order valence-electron chi connectivity index (χ2n) is 15.7. The van der Waals surface area contributed by atoms with E-state index in [0.717, 1.165) is 57.8 Å². The van der Waals surface area contributed by atoms with Crippen LogP contribution >= 0.6 is 0 Å². The Labute approximate surface area is 324 Å². The Hall–Kier alpha value is -1.18. The van der Waals surface area contributed by atoms with Crippen molar-refractivity contribution in [3.8, 4) is 0 Å². The van der Waals surface area contributed by atoms with Gasteiger partial charge < -0.3 is 10.4 Å². The number of hydrogen-bond donors (Lipinski definition) is 3. The smallest absolute Gasteiger partial charge is 0.266 e. The van der Waals surface area contributed by atoms with Crippen LogP contribution in [0.5, 0.6) is 0 Å². The summed E-state index contributed by atoms with van der Waals surface area (Å²) >= 11 is 0. The maximum atomic E-state index is 12.6. The molecule has 0 aromatic heterocycles. The molecule has 7 heteroatoms. The van der Waals surface area contributed by atoms with Crippen LogP contribution in [-0.2, 0) is 14.9 Å². The van der Waals surface area contributed by atoms with Crippen LogP contribution in [0.25, 0.3) is 0 Å². The number of aliphatic hydroxyl groups is 1. The molecule has 0 aromatic carbocycles. The maximum absolute atomic E-state index is 12.6. The normalized spacial score (nSPS) is 13.4. The van der Waals surface area contributed by atoms with Gasteiger partial charge in [0.25, 0.3) is 10.1 Å². The van der Waals surface area contributed by atoms with E-state index in [0.29, 0.717) is 12.8 Å². The molecular weight excluding hydrogens is 667 g/mol. The van der Waals surface area contributed by atoms with E-state index in [4.69, 9.17) is 0 Å². The summed E-state index contributed by atoms with van der Waals surface area (Å²) in [5, 5.41) is 13.4. The summed E-state index contributed by atoms with van der Waals surface area (Å²) in [5.74, 6) is -0.900. The number of carbonyl (C=O) groups excluding carboxylic acids is 1. The van der Waals surface area contributed by atoms with Crippen molar-refractivity contribution < 1.29 is 22.9 Å². The molecule has 0 aliphatic rings. The van der Waals surface area contributed by atoms with E-state index in [1.807, 2.05) is 0 Å². The molecule has 0 heterocycles. The summed E-state index contributed by atoms with van der Waals surface area (Å²) in [4.78, 5) is 12.6. The minimum absolute atomic E-state index is 0.251. The van der Waals surface area contributed by atoms with Gasteiger partial charge in [-0.25, -0.2) is 0 Å². The number of carbonyl (C=O) groups is 1. The van der Waals surface area contributed by atoms with E-state index in [1.54, 1.807) is 0 Å². The molecule has 3 N–H and O–H groups in total. The number of amides is 1. The van der Waals surface area contributed by atoms with Crippen LogP contribution in [0.1, 0.15) is 239 Å². The fourth-order valence-corrected chi connectivity index (χ4v) is 7.77. The van der Waals surface area contributed by atoms with Gasteiger partial charge in [0.2, 0.25) is 5.91 Å². The number of unbranched alkanes of at least 4 members (excludes halogenated alkanes) is 29. The summed E-state index contributed by atoms with van der Waals surface area (Å²) in [5.41, 5.74) is 0. The van der Waals surface area contributed by atoms with E-state index in [-0.39, 0.29) is 5.91 Å². The molecule has 308 valence electrons. The Bertz CT molecular complexity index is 919. The molecule has 0 bridgehead atoms. The molecule has 0 aliphatic heterocycles. The summed E-state index contributed by atoms with van der Waals surface area (Å²) in [6, 6.07) is -0.973. The average molecular weight is 754 g/mol. The van der Waals surface area contributed by atoms with E-state index < -0.39 is 28.0 Å². The monoisotopic (exact) mass is 754 g/mol. The first-order valence-corrected chi connectivity index (χ1v) is 24.1. The Kier molecular flexibility index (Phi) is 38.6. The molecule has 0 rings (SSSR count). The number of hydrogen-bond acceptors (Lipinski definition) is 4. The summed E-state index contributed by atoms with van der Waals surface area (Å²) in [6.45, 7) is 4.52. The van der Waals surface area contributed by atoms with E-state index in [1.165, 1.54) is 154 Å². The highest BCUT2D eigenvalue weighted by atomic mass is 32.2. The van der Waals surface area contributed by atoms with E-state index in [9.17, 15) is 22.9 Å². The van der Waals surface area contributed by atoms with Crippen molar-refractivity contribution in [2.75, 3.05) is 5.75 Å². The summed E-state index contributed by atoms with van der Waals surface area (Å²) < 4.78 is 32.6. The molecule has 52 heavy (non-hydrogen) atoms. The van der Waals surface area contributed by atoms with Crippen molar-refractivity contribution in [1.29, 1.82) is 0 Å². The predicted molar refractivity (Wildman–Crippen MR) is 226 cm³/mol. The zero-order valence-electron chi connectivity index (χ0n) is 34.4. The van der Waals surface area contributed by atoms with Crippen molar-refractivity contribution in [2.24, 2.45) is 0 Å². The van der Waals surface area contributed by atoms with E-state index in [2.05, 4.69) is 43.5 Å². The lowest BCUT2D eigenvalue weighted by molar-refractivity contribution is -0.122. The molecular formula is C45H87NO5S. The molecule has 1 amide bonds. The van der Waals surface area contributed by atoms with Gasteiger partial charge in [-0.3, -0.25) is 9.35 Å². The number of allylic oxidation sites excluding steroid dienone is 4. The van der Waals surface area contributed by atoms with Gasteiger partial charge in [-0.1, -0.05) is 212 Å². The lowest BCUT2D eigenvalue weighted by Crippen LogP contribution is -2.47. The van der Waals surface area contributed by atoms with Gasteiger partial charge in [0.1, 0.15) is 0 Å². The molecule has 6 nitrogen and oxygen atoms in total. The molecule has 0 fully saturated rings. The molecule has 0 radical (unpaired) electrons. The van der Waals surface area contributed by atoms with Gasteiger partial charge >= 0.3 is 0 Å². The van der Waals surface area contributed by atoms with Crippen molar-refractivity contribution in [2.45, 2.75) is 251 Å². The van der Waals surface area contributed by atoms with Crippen LogP contribution in [0.15, 0.2) is 24.3 Å². The first-order chi connectivity index (χ1) is 25.3. The van der Waals surface area contributed by atoms with Gasteiger partial charge in [0.15, 0.2) is 0 Å². The van der Waals surface area contributed by atoms with Crippen molar-refractivity contribution in [3.05, 3.63) is 24.3 Å². The minimum atomic E-state index is -4.31. The number of aliphatic hydroxyl groups excluding tert-OH is 1. The summed E-state index contributed by atoms with van der Waals surface area (Å²) in [6.07, 6.45) is 49.8. The molecule has 0 aliphatic carbocycles. The molecule has 2 unspecified atom stereocenters. The molecule has 0 aromatic rings. The molecule has 0 spiro atoms. The third kappa shape index (κ3) is 40.0. The van der Waals surface area contributed by atoms with Crippen LogP contribution in [0.2, 0.25) is 0 Å². The van der Waals surface area contributed by atoms with Crippen molar-refractivity contribution in [1.82, 2.24) is 5.32 Å². The predicted octanol–water partition coefficient (Wildman–Crippen LogP) is 13.5. The Morgan fingerprint density at radius 1 is 0.519 bits per heavy atom. The second-order valence-corrected chi connectivity index (χ2v) is 17.2. The van der Waals surface area contributed by atoms with Gasteiger partial charge in [-0.15, -0.1) is 0 Å². The van der Waals surface area contributed by atoms with Crippen LogP contribution in [0.3, 0.4) is 0 Å². The maximum Gasteiger partial charge on any atom is 0.266 e. The van der Waals surface area contributed by atoms with Crippen LogP contribution in [0.4, 0.5) is 0 Å². The quantitative estimate of drug-likeness (QED) is 0.0328.